The van der Waals surface area contributed by atoms with E-state index in [1.807, 2.05) is 26.8 Å². The van der Waals surface area contributed by atoms with Crippen LogP contribution in [0.25, 0.3) is 4.83 Å². The summed E-state index contributed by atoms with van der Waals surface area (Å²) >= 11 is 1.50. The van der Waals surface area contributed by atoms with Crippen LogP contribution in [0.5, 0.6) is 0 Å². The van der Waals surface area contributed by atoms with E-state index in [4.69, 9.17) is 5.41 Å². The van der Waals surface area contributed by atoms with E-state index in [1.54, 1.807) is 18.2 Å². The third-order valence-corrected chi connectivity index (χ3v) is 7.59. The van der Waals surface area contributed by atoms with Crippen LogP contribution >= 0.6 is 11.3 Å². The van der Waals surface area contributed by atoms with E-state index in [-0.39, 0.29) is 11.3 Å². The highest BCUT2D eigenvalue weighted by Crippen LogP contribution is 2.30. The quantitative estimate of drug-likeness (QED) is 0.527. The Bertz CT molecular complexity index is 1200. The fourth-order valence-corrected chi connectivity index (χ4v) is 5.11. The summed E-state index contributed by atoms with van der Waals surface area (Å²) in [6.07, 6.45) is 2.63. The lowest BCUT2D eigenvalue weighted by molar-refractivity contribution is -0.121. The molecule has 5 heteroatoms. The highest BCUT2D eigenvalue weighted by atomic mass is 32.1. The van der Waals surface area contributed by atoms with E-state index in [1.165, 1.54) is 22.5 Å². The number of thiazole rings is 1. The Kier molecular flexibility index (Phi) is 6.14. The number of benzene rings is 1. The second-order valence-electron chi connectivity index (χ2n) is 8.47. The van der Waals surface area contributed by atoms with Crippen LogP contribution in [0, 0.1) is 12.3 Å². The van der Waals surface area contributed by atoms with Crippen molar-refractivity contribution in [3.8, 4) is 0 Å². The van der Waals surface area contributed by atoms with E-state index in [0.717, 1.165) is 40.2 Å². The highest BCUT2D eigenvalue weighted by Gasteiger charge is 2.31. The Hall–Kier alpha value is -2.53. The number of carbonyl (C=O) groups is 1. The molecule has 0 amide bonds. The van der Waals surface area contributed by atoms with E-state index < -0.39 is 5.41 Å². The smallest absolute Gasteiger partial charge is 0.260 e. The van der Waals surface area contributed by atoms with E-state index in [0.29, 0.717) is 11.3 Å². The Morgan fingerprint density at radius 3 is 2.27 bits per heavy atom. The van der Waals surface area contributed by atoms with Gasteiger partial charge < -0.3 is 5.41 Å². The molecule has 0 aliphatic heterocycles. The summed E-state index contributed by atoms with van der Waals surface area (Å²) in [4.78, 5) is 27.5. The Labute approximate surface area is 182 Å². The van der Waals surface area contributed by atoms with E-state index in [9.17, 15) is 9.59 Å². The SMILES string of the molecule is CCc1ccccc1CCc1cc(C(C)(C)C(C)=O)c(=O)n2c(C)c(C(C)=N)sc12. The molecular weight excluding hydrogens is 392 g/mol. The third kappa shape index (κ3) is 3.79. The predicted octanol–water partition coefficient (Wildman–Crippen LogP) is 5.27. The van der Waals surface area contributed by atoms with Crippen molar-refractivity contribution < 1.29 is 4.79 Å². The summed E-state index contributed by atoms with van der Waals surface area (Å²) in [5.74, 6) is -0.0295. The van der Waals surface area contributed by atoms with Gasteiger partial charge in [-0.15, -0.1) is 11.3 Å². The summed E-state index contributed by atoms with van der Waals surface area (Å²) in [7, 11) is 0. The van der Waals surface area contributed by atoms with Crippen LogP contribution < -0.4 is 5.56 Å². The minimum Gasteiger partial charge on any atom is -0.304 e. The molecule has 0 unspecified atom stereocenters. The van der Waals surface area contributed by atoms with Crippen LogP contribution in [-0.2, 0) is 29.5 Å². The molecule has 0 spiro atoms. The summed E-state index contributed by atoms with van der Waals surface area (Å²) in [5.41, 5.74) is 4.47. The topological polar surface area (TPSA) is 62.4 Å². The van der Waals surface area contributed by atoms with Gasteiger partial charge in [0.15, 0.2) is 0 Å². The lowest BCUT2D eigenvalue weighted by atomic mass is 9.81. The largest absolute Gasteiger partial charge is 0.304 e. The monoisotopic (exact) mass is 422 g/mol. The molecule has 30 heavy (non-hydrogen) atoms. The fraction of sp³-hybridized carbons (Fsp3) is 0.400. The maximum absolute atomic E-state index is 13.4. The van der Waals surface area contributed by atoms with Crippen molar-refractivity contribution in [2.24, 2.45) is 0 Å². The molecule has 0 atom stereocenters. The average molecular weight is 423 g/mol. The number of hydrogen-bond donors (Lipinski definition) is 1. The number of carbonyl (C=O) groups excluding carboxylic acids is 1. The van der Waals surface area contributed by atoms with E-state index in [2.05, 4.69) is 31.2 Å². The molecule has 3 aromatic rings. The molecule has 158 valence electrons. The number of nitrogens with one attached hydrogen (secondary N) is 1. The van der Waals surface area contributed by atoms with Crippen LogP contribution in [0.4, 0.5) is 0 Å². The van der Waals surface area contributed by atoms with Crippen molar-refractivity contribution in [1.29, 1.82) is 5.41 Å². The lowest BCUT2D eigenvalue weighted by Gasteiger charge is -2.22. The molecule has 2 heterocycles. The van der Waals surface area contributed by atoms with Gasteiger partial charge in [-0.3, -0.25) is 14.0 Å². The standard InChI is InChI=1S/C25H30N2O2S/c1-7-18-10-8-9-11-19(18)12-13-20-14-21(25(5,6)17(4)28)23(29)27-16(3)22(15(2)26)30-24(20)27/h8-11,14,26H,7,12-13H2,1-6H3. The van der Waals surface area contributed by atoms with Crippen LogP contribution in [0.3, 0.4) is 0 Å². The van der Waals surface area contributed by atoms with E-state index >= 15 is 0 Å². The number of fused-ring (bicyclic) bond motifs is 1. The molecule has 4 nitrogen and oxygen atoms in total. The Morgan fingerprint density at radius 1 is 1.10 bits per heavy atom. The molecule has 0 saturated heterocycles. The second-order valence-corrected chi connectivity index (χ2v) is 9.47. The van der Waals surface area contributed by atoms with Crippen molar-refractivity contribution in [3.63, 3.8) is 0 Å². The highest BCUT2D eigenvalue weighted by molar-refractivity contribution is 7.19. The predicted molar refractivity (Wildman–Crippen MR) is 126 cm³/mol. The van der Waals surface area contributed by atoms with Crippen molar-refractivity contribution >= 4 is 27.7 Å². The molecule has 3 rings (SSSR count). The zero-order valence-corrected chi connectivity index (χ0v) is 19.5. The number of aromatic nitrogens is 1. The number of Topliss-reactive ketones (excluding diaryl/α,β-unsaturated/α-hetero) is 1. The van der Waals surface area contributed by atoms with Gasteiger partial charge >= 0.3 is 0 Å². The number of aryl methyl sites for hydroxylation is 4. The van der Waals surface area contributed by atoms with Crippen molar-refractivity contribution in [1.82, 2.24) is 4.40 Å². The van der Waals surface area contributed by atoms with Gasteiger partial charge in [0.1, 0.15) is 10.6 Å². The van der Waals surface area contributed by atoms with Crippen molar-refractivity contribution in [3.05, 3.63) is 73.5 Å². The molecule has 2 aromatic heterocycles. The molecule has 0 saturated carbocycles. The first-order valence-electron chi connectivity index (χ1n) is 10.4. The van der Waals surface area contributed by atoms with Gasteiger partial charge in [-0.1, -0.05) is 31.2 Å². The fourth-order valence-electron chi connectivity index (χ4n) is 3.92. The molecule has 0 aliphatic rings. The zero-order chi connectivity index (χ0) is 22.2. The number of nitrogens with zero attached hydrogens (tertiary/aromatic N) is 1. The zero-order valence-electron chi connectivity index (χ0n) is 18.7. The van der Waals surface area contributed by atoms with Gasteiger partial charge in [-0.25, -0.2) is 0 Å². The molecule has 1 aromatic carbocycles. The minimum absolute atomic E-state index is 0.0295. The molecule has 1 N–H and O–H groups in total. The summed E-state index contributed by atoms with van der Waals surface area (Å²) < 4.78 is 1.72. The maximum Gasteiger partial charge on any atom is 0.260 e. The maximum atomic E-state index is 13.4. The first-order valence-corrected chi connectivity index (χ1v) is 11.2. The molecule has 0 fully saturated rings. The average Bonchev–Trinajstić information content (AvgIpc) is 3.05. The Balaban J connectivity index is 2.22. The molecule has 0 aliphatic carbocycles. The van der Waals surface area contributed by atoms with Crippen LogP contribution in [0.1, 0.15) is 67.4 Å². The molecule has 0 radical (unpaired) electrons. The van der Waals surface area contributed by atoms with Crippen LogP contribution in [0.15, 0.2) is 35.1 Å². The van der Waals surface area contributed by atoms with Crippen molar-refractivity contribution in [2.45, 2.75) is 66.2 Å². The molecular formula is C25H30N2O2S. The third-order valence-electron chi connectivity index (χ3n) is 6.15. The van der Waals surface area contributed by atoms with Gasteiger partial charge in [0.2, 0.25) is 0 Å². The minimum atomic E-state index is -0.859. The number of pyridine rings is 1. The lowest BCUT2D eigenvalue weighted by Crippen LogP contribution is -2.35. The summed E-state index contributed by atoms with van der Waals surface area (Å²) in [5, 5.41) is 8.12. The molecule has 0 bridgehead atoms. The summed E-state index contributed by atoms with van der Waals surface area (Å²) in [6, 6.07) is 10.4. The normalized spacial score (nSPS) is 11.8. The van der Waals surface area contributed by atoms with Crippen molar-refractivity contribution in [2.75, 3.05) is 0 Å². The van der Waals surface area contributed by atoms with Gasteiger partial charge in [0.05, 0.1) is 10.3 Å². The first kappa shape index (κ1) is 22.2. The van der Waals surface area contributed by atoms with Crippen LogP contribution in [-0.4, -0.2) is 15.9 Å². The number of hydrogen-bond acceptors (Lipinski definition) is 4. The van der Waals surface area contributed by atoms with Gasteiger partial charge in [-0.05, 0) is 76.6 Å². The number of rotatable bonds is 7. The first-order chi connectivity index (χ1) is 14.1. The number of ketones is 1. The second kappa shape index (κ2) is 8.31. The van der Waals surface area contributed by atoms with Gasteiger partial charge in [0.25, 0.3) is 5.56 Å². The van der Waals surface area contributed by atoms with Gasteiger partial charge in [0, 0.05) is 17.0 Å². The van der Waals surface area contributed by atoms with Crippen LogP contribution in [0.2, 0.25) is 0 Å². The summed E-state index contributed by atoms with van der Waals surface area (Å²) in [6.45, 7) is 11.0. The van der Waals surface area contributed by atoms with Gasteiger partial charge in [-0.2, -0.15) is 0 Å². The Morgan fingerprint density at radius 2 is 1.70 bits per heavy atom.